The van der Waals surface area contributed by atoms with Crippen LogP contribution in [0.5, 0.6) is 5.75 Å². The average Bonchev–Trinajstić information content (AvgIpc) is 2.62. The van der Waals surface area contributed by atoms with Crippen molar-refractivity contribution in [2.75, 3.05) is 19.8 Å². The second-order valence-corrected chi connectivity index (χ2v) is 10.2. The van der Waals surface area contributed by atoms with E-state index in [9.17, 15) is 4.21 Å². The molecule has 2 rings (SSSR count). The summed E-state index contributed by atoms with van der Waals surface area (Å²) in [5, 5.41) is 8.78. The van der Waals surface area contributed by atoms with E-state index in [0.29, 0.717) is 13.2 Å². The van der Waals surface area contributed by atoms with Gasteiger partial charge in [-0.1, -0.05) is 24.3 Å². The minimum atomic E-state index is -2.64. The van der Waals surface area contributed by atoms with Crippen LogP contribution in [0.2, 0.25) is 0 Å². The fourth-order valence-electron chi connectivity index (χ4n) is 2.54. The predicted octanol–water partition coefficient (Wildman–Crippen LogP) is 3.59. The SMILES string of the molecule is CCOc1ccc(-c2ccc([SH](=O)(P)NCCCCCO)cc2)cc1. The van der Waals surface area contributed by atoms with Crippen molar-refractivity contribution in [3.63, 3.8) is 0 Å². The highest BCUT2D eigenvalue weighted by Gasteiger charge is 2.11. The third-order valence-corrected chi connectivity index (χ3v) is 7.13. The largest absolute Gasteiger partial charge is 0.494 e. The monoisotopic (exact) mass is 381 g/mol. The van der Waals surface area contributed by atoms with Gasteiger partial charge in [0, 0.05) is 18.0 Å². The molecule has 1 atom stereocenters. The Labute approximate surface area is 153 Å². The molecule has 0 saturated carbocycles. The van der Waals surface area contributed by atoms with Gasteiger partial charge in [0.1, 0.15) is 5.75 Å². The predicted molar refractivity (Wildman–Crippen MR) is 109 cm³/mol. The summed E-state index contributed by atoms with van der Waals surface area (Å²) in [6.07, 6.45) is 2.63. The highest BCUT2D eigenvalue weighted by atomic mass is 32.8. The number of aliphatic hydroxyl groups is 1. The van der Waals surface area contributed by atoms with Gasteiger partial charge in [0.25, 0.3) is 0 Å². The van der Waals surface area contributed by atoms with E-state index < -0.39 is 9.74 Å². The van der Waals surface area contributed by atoms with Crippen LogP contribution in [-0.4, -0.2) is 29.1 Å². The lowest BCUT2D eigenvalue weighted by atomic mass is 10.1. The van der Waals surface area contributed by atoms with Crippen molar-refractivity contribution in [2.24, 2.45) is 0 Å². The molecule has 0 saturated heterocycles. The van der Waals surface area contributed by atoms with Crippen LogP contribution in [0.1, 0.15) is 26.2 Å². The molecule has 4 nitrogen and oxygen atoms in total. The Morgan fingerprint density at radius 1 is 1.00 bits per heavy atom. The first kappa shape index (κ1) is 20.1. The van der Waals surface area contributed by atoms with Crippen LogP contribution in [0.4, 0.5) is 0 Å². The summed E-state index contributed by atoms with van der Waals surface area (Å²) in [7, 11) is -0.168. The Morgan fingerprint density at radius 3 is 2.16 bits per heavy atom. The molecular formula is C19H28NO3PS. The quantitative estimate of drug-likeness (QED) is 0.335. The molecule has 1 unspecified atom stereocenters. The summed E-state index contributed by atoms with van der Waals surface area (Å²) in [6, 6.07) is 15.8. The molecule has 0 amide bonds. The second-order valence-electron chi connectivity index (χ2n) is 5.85. The van der Waals surface area contributed by atoms with Crippen molar-refractivity contribution in [3.8, 4) is 16.9 Å². The van der Waals surface area contributed by atoms with Crippen LogP contribution >= 0.6 is 8.44 Å². The topological polar surface area (TPSA) is 58.6 Å². The number of thiol groups is 1. The standard InChI is InChI=1S/C19H28NO3PS/c1-2-23-18-10-6-16(7-11-18)17-8-12-19(13-9-17)25(22,24)20-14-4-3-5-15-21/h6-13,21,25H,2-5,14-15,24H2,1H3,(H,20,22). The minimum absolute atomic E-state index is 0.214. The number of rotatable bonds is 10. The molecule has 25 heavy (non-hydrogen) atoms. The Kier molecular flexibility index (Phi) is 8.04. The smallest absolute Gasteiger partial charge is 0.119 e. The van der Waals surface area contributed by atoms with E-state index in [0.717, 1.165) is 41.0 Å². The molecule has 0 aliphatic heterocycles. The number of benzene rings is 2. The van der Waals surface area contributed by atoms with E-state index in [2.05, 4.69) is 13.2 Å². The van der Waals surface area contributed by atoms with Crippen molar-refractivity contribution in [3.05, 3.63) is 48.5 Å². The maximum absolute atomic E-state index is 12.8. The van der Waals surface area contributed by atoms with Gasteiger partial charge in [0.2, 0.25) is 0 Å². The number of hydrogen-bond donors (Lipinski definition) is 3. The Morgan fingerprint density at radius 2 is 1.60 bits per heavy atom. The summed E-state index contributed by atoms with van der Waals surface area (Å²) in [5.41, 5.74) is 2.19. The Balaban J connectivity index is 1.99. The van der Waals surface area contributed by atoms with Crippen LogP contribution in [0.3, 0.4) is 0 Å². The van der Waals surface area contributed by atoms with Gasteiger partial charge in [-0.2, -0.15) is 0 Å². The molecule has 0 aliphatic rings. The van der Waals surface area contributed by atoms with E-state index in [4.69, 9.17) is 9.84 Å². The third kappa shape index (κ3) is 6.19. The van der Waals surface area contributed by atoms with Crippen LogP contribution in [0.25, 0.3) is 11.1 Å². The molecule has 2 aromatic carbocycles. The van der Waals surface area contributed by atoms with Crippen molar-refractivity contribution in [1.29, 1.82) is 0 Å². The van der Waals surface area contributed by atoms with Crippen LogP contribution < -0.4 is 9.46 Å². The summed E-state index contributed by atoms with van der Waals surface area (Å²) in [5.74, 6) is 0.864. The number of unbranched alkanes of at least 4 members (excludes halogenated alkanes) is 2. The fraction of sp³-hybridized carbons (Fsp3) is 0.368. The summed E-state index contributed by atoms with van der Waals surface area (Å²) >= 11 is 0. The molecule has 0 aliphatic carbocycles. The van der Waals surface area contributed by atoms with Crippen LogP contribution in [0, 0.1) is 0 Å². The van der Waals surface area contributed by atoms with Gasteiger partial charge >= 0.3 is 0 Å². The molecule has 0 fully saturated rings. The molecule has 0 bridgehead atoms. The summed E-state index contributed by atoms with van der Waals surface area (Å²) in [4.78, 5) is 0.800. The lowest BCUT2D eigenvalue weighted by Crippen LogP contribution is -2.26. The Bertz CT molecular complexity index is 689. The number of ether oxygens (including phenoxy) is 1. The van der Waals surface area contributed by atoms with Crippen LogP contribution in [-0.2, 0) is 9.74 Å². The number of nitrogens with one attached hydrogen (secondary N) is 1. The van der Waals surface area contributed by atoms with Gasteiger partial charge in [0.05, 0.1) is 6.61 Å². The van der Waals surface area contributed by atoms with Gasteiger partial charge in [0.15, 0.2) is 0 Å². The van der Waals surface area contributed by atoms with E-state index in [1.807, 2.05) is 55.5 Å². The van der Waals surface area contributed by atoms with Crippen LogP contribution in [0.15, 0.2) is 53.4 Å². The number of aliphatic hydroxyl groups excluding tert-OH is 1. The van der Waals surface area contributed by atoms with Gasteiger partial charge in [-0.15, -0.1) is 0 Å². The molecular weight excluding hydrogens is 353 g/mol. The van der Waals surface area contributed by atoms with Crippen molar-refractivity contribution in [2.45, 2.75) is 31.1 Å². The highest BCUT2D eigenvalue weighted by Crippen LogP contribution is 2.28. The third-order valence-electron chi connectivity index (χ3n) is 3.93. The zero-order chi connectivity index (χ0) is 18.1. The normalized spacial score (nSPS) is 12.1. The molecule has 138 valence electrons. The van der Waals surface area contributed by atoms with E-state index in [1.54, 1.807) is 0 Å². The molecule has 6 heteroatoms. The van der Waals surface area contributed by atoms with Crippen molar-refractivity contribution >= 4 is 18.2 Å². The Hall–Kier alpha value is -1.26. The summed E-state index contributed by atoms with van der Waals surface area (Å²) < 4.78 is 21.4. The first-order valence-corrected chi connectivity index (χ1v) is 12.0. The molecule has 0 aromatic heterocycles. The zero-order valence-corrected chi connectivity index (χ0v) is 16.7. The van der Waals surface area contributed by atoms with Gasteiger partial charge < -0.3 is 9.84 Å². The molecule has 0 radical (unpaired) electrons. The maximum atomic E-state index is 12.8. The average molecular weight is 381 g/mol. The molecule has 0 spiro atoms. The van der Waals surface area contributed by atoms with E-state index in [1.165, 1.54) is 0 Å². The fourth-order valence-corrected chi connectivity index (χ4v) is 4.70. The highest BCUT2D eigenvalue weighted by molar-refractivity contribution is 8.44. The molecule has 2 aromatic rings. The number of hydrogen-bond acceptors (Lipinski definition) is 3. The summed E-state index contributed by atoms with van der Waals surface area (Å²) in [6.45, 7) is 3.52. The van der Waals surface area contributed by atoms with E-state index in [-0.39, 0.29) is 6.61 Å². The van der Waals surface area contributed by atoms with Gasteiger partial charge in [-0.25, -0.2) is 0 Å². The molecule has 2 N–H and O–H groups in total. The first-order valence-electron chi connectivity index (χ1n) is 8.65. The zero-order valence-electron chi connectivity index (χ0n) is 14.6. The first-order chi connectivity index (χ1) is 12.1. The van der Waals surface area contributed by atoms with E-state index >= 15 is 0 Å². The lowest BCUT2D eigenvalue weighted by molar-refractivity contribution is 0.283. The lowest BCUT2D eigenvalue weighted by Gasteiger charge is -2.21. The second kappa shape index (κ2) is 10.0. The maximum Gasteiger partial charge on any atom is 0.119 e. The van der Waals surface area contributed by atoms with Gasteiger partial charge in [-0.3, -0.25) is 8.93 Å². The van der Waals surface area contributed by atoms with Crippen molar-refractivity contribution < 1.29 is 14.1 Å². The minimum Gasteiger partial charge on any atom is -0.494 e. The van der Waals surface area contributed by atoms with Gasteiger partial charge in [-0.05, 0) is 79.8 Å². The van der Waals surface area contributed by atoms with Crippen molar-refractivity contribution in [1.82, 2.24) is 4.72 Å². The molecule has 0 heterocycles.